The summed E-state index contributed by atoms with van der Waals surface area (Å²) in [6.45, 7) is 0. The Morgan fingerprint density at radius 1 is 0.955 bits per heavy atom. The second kappa shape index (κ2) is 7.09. The minimum absolute atomic E-state index is 0.295. The minimum Gasteiger partial charge on any atom is -0.496 e. The summed E-state index contributed by atoms with van der Waals surface area (Å²) in [5, 5.41) is 0. The van der Waals surface area contributed by atoms with Crippen molar-refractivity contribution < 1.29 is 23.8 Å². The fraction of sp³-hybridized carbons (Fsp3) is 0.125. The van der Waals surface area contributed by atoms with Crippen molar-refractivity contribution in [2.24, 2.45) is 0 Å². The quantitative estimate of drug-likeness (QED) is 0.613. The van der Waals surface area contributed by atoms with Crippen molar-refractivity contribution >= 4 is 27.9 Å². The van der Waals surface area contributed by atoms with Crippen LogP contribution in [0.5, 0.6) is 11.5 Å². The van der Waals surface area contributed by atoms with E-state index in [2.05, 4.69) is 20.7 Å². The molecule has 2 aromatic rings. The first-order chi connectivity index (χ1) is 10.6. The van der Waals surface area contributed by atoms with Crippen molar-refractivity contribution in [3.63, 3.8) is 0 Å². The van der Waals surface area contributed by atoms with Gasteiger partial charge in [-0.05, 0) is 46.3 Å². The number of rotatable bonds is 4. The molecule has 0 saturated heterocycles. The van der Waals surface area contributed by atoms with Crippen molar-refractivity contribution in [1.29, 1.82) is 0 Å². The van der Waals surface area contributed by atoms with E-state index in [0.29, 0.717) is 27.1 Å². The number of methoxy groups -OCH3 is 2. The first kappa shape index (κ1) is 16.0. The molecule has 0 radical (unpaired) electrons. The van der Waals surface area contributed by atoms with E-state index >= 15 is 0 Å². The average Bonchev–Trinajstić information content (AvgIpc) is 2.55. The van der Waals surface area contributed by atoms with Gasteiger partial charge in [0, 0.05) is 0 Å². The number of benzene rings is 2. The van der Waals surface area contributed by atoms with Gasteiger partial charge in [0.25, 0.3) is 0 Å². The molecule has 0 bridgehead atoms. The average molecular weight is 365 g/mol. The Labute approximate surface area is 135 Å². The SMILES string of the molecule is COC(=O)c1ccc(OC(=O)c2ccccc2OC)c(Br)c1. The lowest BCUT2D eigenvalue weighted by Gasteiger charge is -2.10. The molecule has 0 spiro atoms. The monoisotopic (exact) mass is 364 g/mol. The second-order valence-electron chi connectivity index (χ2n) is 4.23. The van der Waals surface area contributed by atoms with Gasteiger partial charge in [-0.25, -0.2) is 9.59 Å². The van der Waals surface area contributed by atoms with Gasteiger partial charge in [-0.1, -0.05) is 12.1 Å². The summed E-state index contributed by atoms with van der Waals surface area (Å²) >= 11 is 3.27. The Balaban J connectivity index is 2.23. The number of carbonyl (C=O) groups excluding carboxylic acids is 2. The van der Waals surface area contributed by atoms with Crippen LogP contribution in [0.1, 0.15) is 20.7 Å². The highest BCUT2D eigenvalue weighted by Gasteiger charge is 2.16. The van der Waals surface area contributed by atoms with E-state index in [-0.39, 0.29) is 0 Å². The largest absolute Gasteiger partial charge is 0.496 e. The van der Waals surface area contributed by atoms with Gasteiger partial charge in [0.05, 0.1) is 24.3 Å². The van der Waals surface area contributed by atoms with Gasteiger partial charge >= 0.3 is 11.9 Å². The molecule has 2 rings (SSSR count). The maximum absolute atomic E-state index is 12.2. The lowest BCUT2D eigenvalue weighted by atomic mass is 10.2. The number of halogens is 1. The van der Waals surface area contributed by atoms with E-state index in [4.69, 9.17) is 9.47 Å². The third-order valence-corrected chi connectivity index (χ3v) is 3.50. The number of esters is 2. The van der Waals surface area contributed by atoms with Crippen LogP contribution in [-0.2, 0) is 4.74 Å². The second-order valence-corrected chi connectivity index (χ2v) is 5.08. The first-order valence-electron chi connectivity index (χ1n) is 6.30. The van der Waals surface area contributed by atoms with Gasteiger partial charge in [0.2, 0.25) is 0 Å². The third kappa shape index (κ3) is 3.46. The molecule has 0 saturated carbocycles. The van der Waals surface area contributed by atoms with Gasteiger partial charge < -0.3 is 14.2 Å². The van der Waals surface area contributed by atoms with Gasteiger partial charge in [-0.3, -0.25) is 0 Å². The summed E-state index contributed by atoms with van der Waals surface area (Å²) in [6.07, 6.45) is 0. The predicted molar refractivity (Wildman–Crippen MR) is 83.4 cm³/mol. The molecule has 0 heterocycles. The zero-order valence-corrected chi connectivity index (χ0v) is 13.5. The number of carbonyl (C=O) groups is 2. The molecule has 0 amide bonds. The Morgan fingerprint density at radius 3 is 2.32 bits per heavy atom. The third-order valence-electron chi connectivity index (χ3n) is 2.88. The van der Waals surface area contributed by atoms with Gasteiger partial charge in [-0.2, -0.15) is 0 Å². The van der Waals surface area contributed by atoms with Crippen molar-refractivity contribution in [3.8, 4) is 11.5 Å². The Hall–Kier alpha value is -2.34. The van der Waals surface area contributed by atoms with Crippen LogP contribution in [0.15, 0.2) is 46.9 Å². The summed E-state index contributed by atoms with van der Waals surface area (Å²) in [7, 11) is 2.78. The van der Waals surface area contributed by atoms with Crippen LogP contribution < -0.4 is 9.47 Å². The molecule has 22 heavy (non-hydrogen) atoms. The summed E-state index contributed by atoms with van der Waals surface area (Å²) < 4.78 is 15.5. The van der Waals surface area contributed by atoms with Crippen LogP contribution in [0, 0.1) is 0 Å². The van der Waals surface area contributed by atoms with Gasteiger partial charge in [0.1, 0.15) is 17.1 Å². The molecule has 114 valence electrons. The van der Waals surface area contributed by atoms with Crippen molar-refractivity contribution in [2.45, 2.75) is 0 Å². The molecule has 0 atom stereocenters. The highest BCUT2D eigenvalue weighted by Crippen LogP contribution is 2.28. The number of ether oxygens (including phenoxy) is 3. The van der Waals surface area contributed by atoms with Crippen LogP contribution in [0.4, 0.5) is 0 Å². The maximum atomic E-state index is 12.2. The molecule has 0 fully saturated rings. The normalized spacial score (nSPS) is 9.95. The zero-order valence-electron chi connectivity index (χ0n) is 12.0. The van der Waals surface area contributed by atoms with E-state index in [1.54, 1.807) is 24.3 Å². The van der Waals surface area contributed by atoms with Gasteiger partial charge in [-0.15, -0.1) is 0 Å². The van der Waals surface area contributed by atoms with Crippen molar-refractivity contribution in [3.05, 3.63) is 58.1 Å². The molecule has 6 heteroatoms. The zero-order chi connectivity index (χ0) is 16.1. The van der Waals surface area contributed by atoms with Crippen molar-refractivity contribution in [1.82, 2.24) is 0 Å². The van der Waals surface area contributed by atoms with Crippen LogP contribution in [0.25, 0.3) is 0 Å². The smallest absolute Gasteiger partial charge is 0.347 e. The molecular formula is C16H13BrO5. The Bertz CT molecular complexity index is 711. The highest BCUT2D eigenvalue weighted by atomic mass is 79.9. The number of para-hydroxylation sites is 1. The molecule has 2 aromatic carbocycles. The molecule has 0 aromatic heterocycles. The first-order valence-corrected chi connectivity index (χ1v) is 7.09. The van der Waals surface area contributed by atoms with E-state index in [1.807, 2.05) is 0 Å². The Morgan fingerprint density at radius 2 is 1.68 bits per heavy atom. The summed E-state index contributed by atoms with van der Waals surface area (Å²) in [4.78, 5) is 23.6. The fourth-order valence-electron chi connectivity index (χ4n) is 1.80. The fourth-order valence-corrected chi connectivity index (χ4v) is 2.26. The molecule has 0 unspecified atom stereocenters. The van der Waals surface area contributed by atoms with E-state index in [0.717, 1.165) is 0 Å². The van der Waals surface area contributed by atoms with Crippen LogP contribution in [-0.4, -0.2) is 26.2 Å². The van der Waals surface area contributed by atoms with Crippen LogP contribution >= 0.6 is 15.9 Å². The molecular weight excluding hydrogens is 352 g/mol. The van der Waals surface area contributed by atoms with Crippen molar-refractivity contribution in [2.75, 3.05) is 14.2 Å². The van der Waals surface area contributed by atoms with E-state index < -0.39 is 11.9 Å². The molecule has 0 aliphatic heterocycles. The lowest BCUT2D eigenvalue weighted by molar-refractivity contribution is 0.0600. The van der Waals surface area contributed by atoms with Crippen LogP contribution in [0.2, 0.25) is 0 Å². The Kier molecular flexibility index (Phi) is 5.16. The topological polar surface area (TPSA) is 61.8 Å². The van der Waals surface area contributed by atoms with Gasteiger partial charge in [0.15, 0.2) is 0 Å². The summed E-state index contributed by atoms with van der Waals surface area (Å²) in [5.41, 5.74) is 0.667. The summed E-state index contributed by atoms with van der Waals surface area (Å²) in [5.74, 6) is -0.300. The minimum atomic E-state index is -0.552. The number of hydrogen-bond acceptors (Lipinski definition) is 5. The molecule has 5 nitrogen and oxygen atoms in total. The van der Waals surface area contributed by atoms with Crippen LogP contribution in [0.3, 0.4) is 0 Å². The lowest BCUT2D eigenvalue weighted by Crippen LogP contribution is -2.10. The molecule has 0 N–H and O–H groups in total. The van der Waals surface area contributed by atoms with E-state index in [1.165, 1.54) is 32.4 Å². The standard InChI is InChI=1S/C16H13BrO5/c1-20-13-6-4-3-5-11(13)16(19)22-14-8-7-10(9-12(14)17)15(18)21-2/h3-9H,1-2H3. The molecule has 0 aliphatic carbocycles. The maximum Gasteiger partial charge on any atom is 0.347 e. The predicted octanol–water partition coefficient (Wildman–Crippen LogP) is 3.46. The van der Waals surface area contributed by atoms with E-state index in [9.17, 15) is 9.59 Å². The molecule has 0 aliphatic rings. The highest BCUT2D eigenvalue weighted by molar-refractivity contribution is 9.10. The number of hydrogen-bond donors (Lipinski definition) is 0. The summed E-state index contributed by atoms with van der Waals surface area (Å²) in [6, 6.07) is 11.3.